The highest BCUT2D eigenvalue weighted by molar-refractivity contribution is 5.27. The highest BCUT2D eigenvalue weighted by Gasteiger charge is 2.12. The lowest BCUT2D eigenvalue weighted by atomic mass is 9.87. The van der Waals surface area contributed by atoms with Gasteiger partial charge in [0.25, 0.3) is 0 Å². The van der Waals surface area contributed by atoms with Gasteiger partial charge in [0.1, 0.15) is 0 Å². The first-order valence-corrected chi connectivity index (χ1v) is 8.71. The molecule has 0 aliphatic rings. The SMILES string of the molecule is CC(C)(C)c1ccc(CN=[N+]=[N-])cc1.Cc1ccc(C(C)(C)C)cc1. The lowest BCUT2D eigenvalue weighted by Crippen LogP contribution is -2.10. The average molecular weight is 338 g/mol. The fourth-order valence-corrected chi connectivity index (χ4v) is 2.28. The summed E-state index contributed by atoms with van der Waals surface area (Å²) in [5.74, 6) is 0. The molecular weight excluding hydrogens is 306 g/mol. The van der Waals surface area contributed by atoms with Crippen molar-refractivity contribution in [1.82, 2.24) is 0 Å². The first kappa shape index (κ1) is 20.8. The molecular formula is C22H31N3. The Morgan fingerprint density at radius 3 is 1.52 bits per heavy atom. The van der Waals surface area contributed by atoms with Crippen molar-refractivity contribution in [2.75, 3.05) is 0 Å². The average Bonchev–Trinajstić information content (AvgIpc) is 2.52. The summed E-state index contributed by atoms with van der Waals surface area (Å²) < 4.78 is 0. The van der Waals surface area contributed by atoms with E-state index in [1.54, 1.807) is 0 Å². The van der Waals surface area contributed by atoms with E-state index < -0.39 is 0 Å². The molecule has 0 saturated heterocycles. The third kappa shape index (κ3) is 7.45. The largest absolute Gasteiger partial charge is 0.0893 e. The third-order valence-corrected chi connectivity index (χ3v) is 4.05. The van der Waals surface area contributed by atoms with Crippen LogP contribution in [0.1, 0.15) is 63.8 Å². The van der Waals surface area contributed by atoms with Crippen molar-refractivity contribution in [3.63, 3.8) is 0 Å². The Labute approximate surface area is 152 Å². The van der Waals surface area contributed by atoms with E-state index in [1.807, 2.05) is 12.1 Å². The lowest BCUT2D eigenvalue weighted by molar-refractivity contribution is 0.590. The summed E-state index contributed by atoms with van der Waals surface area (Å²) in [5.41, 5.74) is 13.7. The monoisotopic (exact) mass is 337 g/mol. The maximum Gasteiger partial charge on any atom is 0.0510 e. The molecule has 0 heterocycles. The first-order valence-electron chi connectivity index (χ1n) is 8.71. The van der Waals surface area contributed by atoms with Crippen molar-refractivity contribution >= 4 is 0 Å². The first-order chi connectivity index (χ1) is 11.5. The molecule has 2 aromatic rings. The van der Waals surface area contributed by atoms with Gasteiger partial charge in [-0.3, -0.25) is 0 Å². The summed E-state index contributed by atoms with van der Waals surface area (Å²) in [6.45, 7) is 15.8. The van der Waals surface area contributed by atoms with Crippen LogP contribution >= 0.6 is 0 Å². The number of hydrogen-bond donors (Lipinski definition) is 0. The topological polar surface area (TPSA) is 48.8 Å². The second kappa shape index (κ2) is 8.73. The zero-order valence-electron chi connectivity index (χ0n) is 16.7. The summed E-state index contributed by atoms with van der Waals surface area (Å²) in [5, 5.41) is 3.51. The normalized spacial score (nSPS) is 11.2. The summed E-state index contributed by atoms with van der Waals surface area (Å²) in [7, 11) is 0. The van der Waals surface area contributed by atoms with Gasteiger partial charge in [0, 0.05) is 4.91 Å². The number of rotatable bonds is 2. The Balaban J connectivity index is 0.000000257. The molecule has 0 aromatic heterocycles. The van der Waals surface area contributed by atoms with Crippen LogP contribution in [-0.2, 0) is 17.4 Å². The Morgan fingerprint density at radius 1 is 0.760 bits per heavy atom. The van der Waals surface area contributed by atoms with Crippen LogP contribution in [-0.4, -0.2) is 0 Å². The molecule has 3 heteroatoms. The molecule has 0 fully saturated rings. The number of nitrogens with zero attached hydrogens (tertiary/aromatic N) is 3. The predicted molar refractivity (Wildman–Crippen MR) is 108 cm³/mol. The summed E-state index contributed by atoms with van der Waals surface area (Å²) >= 11 is 0. The molecule has 0 aliphatic carbocycles. The minimum Gasteiger partial charge on any atom is -0.0893 e. The highest BCUT2D eigenvalue weighted by Crippen LogP contribution is 2.22. The Morgan fingerprint density at radius 2 is 1.16 bits per heavy atom. The molecule has 0 aliphatic heterocycles. The van der Waals surface area contributed by atoms with Crippen LogP contribution in [0.5, 0.6) is 0 Å². The minimum atomic E-state index is 0.178. The molecule has 0 spiro atoms. The van der Waals surface area contributed by atoms with Crippen LogP contribution in [0.4, 0.5) is 0 Å². The van der Waals surface area contributed by atoms with Crippen molar-refractivity contribution in [2.24, 2.45) is 5.11 Å². The molecule has 0 bridgehead atoms. The van der Waals surface area contributed by atoms with Gasteiger partial charge in [-0.05, 0) is 40.0 Å². The molecule has 25 heavy (non-hydrogen) atoms. The standard InChI is InChI=1S/C11H15N3.C11H16/c1-11(2,3)10-6-4-9(5-7-10)8-13-14-12;1-9-5-7-10(8-6-9)11(2,3)4/h4-7H,8H2,1-3H3;5-8H,1-4H3. The maximum absolute atomic E-state index is 8.17. The van der Waals surface area contributed by atoms with E-state index in [2.05, 4.69) is 94.9 Å². The third-order valence-electron chi connectivity index (χ3n) is 4.05. The van der Waals surface area contributed by atoms with Gasteiger partial charge in [0.05, 0.1) is 6.54 Å². The van der Waals surface area contributed by atoms with Gasteiger partial charge in [-0.2, -0.15) is 0 Å². The molecule has 0 amide bonds. The fraction of sp³-hybridized carbons (Fsp3) is 0.455. The van der Waals surface area contributed by atoms with Crippen LogP contribution < -0.4 is 0 Å². The van der Waals surface area contributed by atoms with E-state index in [0.29, 0.717) is 6.54 Å². The van der Waals surface area contributed by atoms with E-state index in [4.69, 9.17) is 5.53 Å². The zero-order valence-corrected chi connectivity index (χ0v) is 16.7. The van der Waals surface area contributed by atoms with Gasteiger partial charge in [0.15, 0.2) is 0 Å². The smallest absolute Gasteiger partial charge is 0.0510 e. The van der Waals surface area contributed by atoms with Gasteiger partial charge in [-0.15, -0.1) is 0 Å². The highest BCUT2D eigenvalue weighted by atomic mass is 15.1. The van der Waals surface area contributed by atoms with E-state index in [9.17, 15) is 0 Å². The summed E-state index contributed by atoms with van der Waals surface area (Å²) in [6, 6.07) is 16.9. The molecule has 0 radical (unpaired) electrons. The van der Waals surface area contributed by atoms with Gasteiger partial charge >= 0.3 is 0 Å². The number of benzene rings is 2. The minimum absolute atomic E-state index is 0.178. The molecule has 2 aromatic carbocycles. The van der Waals surface area contributed by atoms with E-state index in [0.717, 1.165) is 5.56 Å². The van der Waals surface area contributed by atoms with Crippen molar-refractivity contribution < 1.29 is 0 Å². The van der Waals surface area contributed by atoms with Crippen molar-refractivity contribution in [1.29, 1.82) is 0 Å². The number of aryl methyl sites for hydroxylation is 1. The quantitative estimate of drug-likeness (QED) is 0.319. The summed E-state index contributed by atoms with van der Waals surface area (Å²) in [4.78, 5) is 2.73. The van der Waals surface area contributed by atoms with Crippen LogP contribution in [0, 0.1) is 6.92 Å². The second-order valence-electron chi connectivity index (χ2n) is 8.45. The second-order valence-corrected chi connectivity index (χ2v) is 8.45. The molecule has 134 valence electrons. The van der Waals surface area contributed by atoms with Gasteiger partial charge in [-0.1, -0.05) is 101 Å². The van der Waals surface area contributed by atoms with Crippen LogP contribution in [0.15, 0.2) is 53.6 Å². The fourth-order valence-electron chi connectivity index (χ4n) is 2.28. The Kier molecular flexibility index (Phi) is 7.26. The van der Waals surface area contributed by atoms with Gasteiger partial charge < -0.3 is 0 Å². The number of azide groups is 1. The van der Waals surface area contributed by atoms with E-state index in [1.165, 1.54) is 16.7 Å². The van der Waals surface area contributed by atoms with Gasteiger partial charge in [-0.25, -0.2) is 0 Å². The summed E-state index contributed by atoms with van der Waals surface area (Å²) in [6.07, 6.45) is 0. The van der Waals surface area contributed by atoms with Crippen LogP contribution in [0.25, 0.3) is 10.4 Å². The predicted octanol–water partition coefficient (Wildman–Crippen LogP) is 7.09. The zero-order chi connectivity index (χ0) is 19.1. The molecule has 3 nitrogen and oxygen atoms in total. The molecule has 0 N–H and O–H groups in total. The maximum atomic E-state index is 8.17. The van der Waals surface area contributed by atoms with Crippen LogP contribution in [0.3, 0.4) is 0 Å². The van der Waals surface area contributed by atoms with E-state index >= 15 is 0 Å². The Hall–Kier alpha value is -2.25. The van der Waals surface area contributed by atoms with Crippen molar-refractivity contribution in [3.8, 4) is 0 Å². The molecule has 2 rings (SSSR count). The molecule has 0 atom stereocenters. The molecule has 0 unspecified atom stereocenters. The van der Waals surface area contributed by atoms with Crippen LogP contribution in [0.2, 0.25) is 0 Å². The Bertz CT molecular complexity index is 693. The van der Waals surface area contributed by atoms with Gasteiger partial charge in [0.2, 0.25) is 0 Å². The molecule has 0 saturated carbocycles. The van der Waals surface area contributed by atoms with E-state index in [-0.39, 0.29) is 10.8 Å². The number of hydrogen-bond acceptors (Lipinski definition) is 1. The van der Waals surface area contributed by atoms with Crippen molar-refractivity contribution in [2.45, 2.75) is 65.8 Å². The van der Waals surface area contributed by atoms with Crippen molar-refractivity contribution in [3.05, 3.63) is 81.2 Å². The lowest BCUT2D eigenvalue weighted by Gasteiger charge is -2.18.